The minimum atomic E-state index is -0.639. The first-order chi connectivity index (χ1) is 12.4. The molecule has 1 aliphatic rings. The normalized spacial score (nSPS) is 14.9. The fourth-order valence-corrected chi connectivity index (χ4v) is 3.55. The number of halogens is 1. The van der Waals surface area contributed by atoms with Crippen molar-refractivity contribution in [3.63, 3.8) is 0 Å². The summed E-state index contributed by atoms with van der Waals surface area (Å²) >= 11 is 6.45. The van der Waals surface area contributed by atoms with Crippen LogP contribution in [0.3, 0.4) is 0 Å². The standard InChI is InChI=1S/C21H25ClN2O2/c1-13(2)21(26)23-16-10-15-12-24(14(3)25)9-8-17(15)19(11-16)18-6-4-5-7-20(18)22/h4-7,10-11,13,21,23,26H,8-9,12H2,1-3H3. The molecule has 3 rings (SSSR count). The van der Waals surface area contributed by atoms with Gasteiger partial charge < -0.3 is 15.3 Å². The minimum absolute atomic E-state index is 0.0792. The zero-order chi connectivity index (χ0) is 18.8. The number of hydrogen-bond acceptors (Lipinski definition) is 3. The molecule has 0 saturated carbocycles. The Balaban J connectivity index is 2.09. The van der Waals surface area contributed by atoms with Gasteiger partial charge in [0.05, 0.1) is 0 Å². The van der Waals surface area contributed by atoms with E-state index in [-0.39, 0.29) is 11.8 Å². The zero-order valence-electron chi connectivity index (χ0n) is 15.4. The van der Waals surface area contributed by atoms with Crippen molar-refractivity contribution in [2.75, 3.05) is 11.9 Å². The van der Waals surface area contributed by atoms with Crippen molar-refractivity contribution in [2.45, 2.75) is 40.0 Å². The second kappa shape index (κ2) is 7.68. The maximum Gasteiger partial charge on any atom is 0.219 e. The maximum atomic E-state index is 11.8. The molecule has 0 radical (unpaired) electrons. The average molecular weight is 373 g/mol. The highest BCUT2D eigenvalue weighted by atomic mass is 35.5. The van der Waals surface area contributed by atoms with Crippen LogP contribution in [0, 0.1) is 5.92 Å². The number of rotatable bonds is 4. The zero-order valence-corrected chi connectivity index (χ0v) is 16.2. The fraction of sp³-hybridized carbons (Fsp3) is 0.381. The van der Waals surface area contributed by atoms with Crippen LogP contribution in [0.5, 0.6) is 0 Å². The molecule has 0 spiro atoms. The van der Waals surface area contributed by atoms with Gasteiger partial charge in [0.1, 0.15) is 6.23 Å². The van der Waals surface area contributed by atoms with Crippen molar-refractivity contribution in [3.8, 4) is 11.1 Å². The Hall–Kier alpha value is -2.04. The van der Waals surface area contributed by atoms with Crippen LogP contribution in [0.25, 0.3) is 11.1 Å². The predicted molar refractivity (Wildman–Crippen MR) is 106 cm³/mol. The highest BCUT2D eigenvalue weighted by Gasteiger charge is 2.23. The second-order valence-corrected chi connectivity index (χ2v) is 7.57. The number of amides is 1. The third-order valence-corrected chi connectivity index (χ3v) is 5.22. The molecule has 2 aromatic rings. The van der Waals surface area contributed by atoms with E-state index in [1.165, 1.54) is 5.56 Å². The van der Waals surface area contributed by atoms with Crippen LogP contribution < -0.4 is 5.32 Å². The summed E-state index contributed by atoms with van der Waals surface area (Å²) in [4.78, 5) is 13.7. The van der Waals surface area contributed by atoms with Crippen LogP contribution in [-0.4, -0.2) is 28.7 Å². The Morgan fingerprint density at radius 1 is 1.23 bits per heavy atom. The molecule has 2 N–H and O–H groups in total. The van der Waals surface area contributed by atoms with E-state index in [0.29, 0.717) is 18.1 Å². The monoisotopic (exact) mass is 372 g/mol. The Morgan fingerprint density at radius 2 is 1.96 bits per heavy atom. The molecule has 138 valence electrons. The maximum absolute atomic E-state index is 11.8. The molecule has 5 heteroatoms. The summed E-state index contributed by atoms with van der Waals surface area (Å²) in [6, 6.07) is 11.9. The van der Waals surface area contributed by atoms with E-state index in [4.69, 9.17) is 11.6 Å². The first-order valence-corrected chi connectivity index (χ1v) is 9.35. The lowest BCUT2D eigenvalue weighted by atomic mass is 9.89. The summed E-state index contributed by atoms with van der Waals surface area (Å²) in [5, 5.41) is 14.1. The van der Waals surface area contributed by atoms with Crippen LogP contribution in [0.4, 0.5) is 5.69 Å². The number of benzene rings is 2. The fourth-order valence-electron chi connectivity index (χ4n) is 3.31. The third-order valence-electron chi connectivity index (χ3n) is 4.89. The highest BCUT2D eigenvalue weighted by Crippen LogP contribution is 2.37. The van der Waals surface area contributed by atoms with Gasteiger partial charge in [-0.3, -0.25) is 4.79 Å². The molecule has 0 fully saturated rings. The van der Waals surface area contributed by atoms with E-state index in [0.717, 1.165) is 28.8 Å². The van der Waals surface area contributed by atoms with Gasteiger partial charge >= 0.3 is 0 Å². The molecule has 1 heterocycles. The summed E-state index contributed by atoms with van der Waals surface area (Å²) in [5.74, 6) is 0.166. The molecule has 0 bridgehead atoms. The second-order valence-electron chi connectivity index (χ2n) is 7.17. The summed E-state index contributed by atoms with van der Waals surface area (Å²) in [6.45, 7) is 6.81. The molecule has 0 saturated heterocycles. The highest BCUT2D eigenvalue weighted by molar-refractivity contribution is 6.33. The summed E-state index contributed by atoms with van der Waals surface area (Å²) in [6.07, 6.45) is 0.155. The molecule has 4 nitrogen and oxygen atoms in total. The molecule has 0 aromatic heterocycles. The van der Waals surface area contributed by atoms with Gasteiger partial charge in [0.15, 0.2) is 0 Å². The van der Waals surface area contributed by atoms with Crippen molar-refractivity contribution in [2.24, 2.45) is 5.92 Å². The van der Waals surface area contributed by atoms with E-state index in [2.05, 4.69) is 11.4 Å². The number of hydrogen-bond donors (Lipinski definition) is 2. The van der Waals surface area contributed by atoms with E-state index in [1.807, 2.05) is 49.1 Å². The lowest BCUT2D eigenvalue weighted by Crippen LogP contribution is -2.34. The van der Waals surface area contributed by atoms with E-state index in [9.17, 15) is 9.90 Å². The molecule has 1 unspecified atom stereocenters. The molecule has 1 atom stereocenters. The van der Waals surface area contributed by atoms with Gasteiger partial charge in [0.25, 0.3) is 0 Å². The largest absolute Gasteiger partial charge is 0.374 e. The molecular weight excluding hydrogens is 348 g/mol. The number of anilines is 1. The Morgan fingerprint density at radius 3 is 2.62 bits per heavy atom. The first kappa shape index (κ1) is 18.7. The predicted octanol–water partition coefficient (Wildman–Crippen LogP) is 4.30. The van der Waals surface area contributed by atoms with E-state index >= 15 is 0 Å². The van der Waals surface area contributed by atoms with E-state index in [1.54, 1.807) is 6.92 Å². The summed E-state index contributed by atoms with van der Waals surface area (Å²) < 4.78 is 0. The van der Waals surface area contributed by atoms with Crippen molar-refractivity contribution in [1.82, 2.24) is 4.90 Å². The van der Waals surface area contributed by atoms with Crippen LogP contribution >= 0.6 is 11.6 Å². The van der Waals surface area contributed by atoms with Gasteiger partial charge in [-0.05, 0) is 47.2 Å². The number of fused-ring (bicyclic) bond motifs is 1. The molecule has 1 aliphatic heterocycles. The van der Waals surface area contributed by atoms with Crippen LogP contribution in [0.2, 0.25) is 5.02 Å². The Bertz CT molecular complexity index is 820. The van der Waals surface area contributed by atoms with Crippen molar-refractivity contribution < 1.29 is 9.90 Å². The Labute approximate surface area is 159 Å². The molecular formula is C21H25ClN2O2. The smallest absolute Gasteiger partial charge is 0.219 e. The SMILES string of the molecule is CC(=O)N1CCc2c(cc(NC(O)C(C)C)cc2-c2ccccc2Cl)C1. The molecule has 0 aliphatic carbocycles. The summed E-state index contributed by atoms with van der Waals surface area (Å²) in [7, 11) is 0. The number of aliphatic hydroxyl groups is 1. The van der Waals surface area contributed by atoms with Gasteiger partial charge in [0.2, 0.25) is 5.91 Å². The number of nitrogens with one attached hydrogen (secondary N) is 1. The average Bonchev–Trinajstić information content (AvgIpc) is 2.60. The minimum Gasteiger partial charge on any atom is -0.374 e. The van der Waals surface area contributed by atoms with Gasteiger partial charge in [-0.25, -0.2) is 0 Å². The van der Waals surface area contributed by atoms with Gasteiger partial charge in [-0.1, -0.05) is 43.6 Å². The van der Waals surface area contributed by atoms with Crippen molar-refractivity contribution >= 4 is 23.2 Å². The topological polar surface area (TPSA) is 52.6 Å². The number of carbonyl (C=O) groups excluding carboxylic acids is 1. The summed E-state index contributed by atoms with van der Waals surface area (Å²) in [5.41, 5.74) is 5.20. The number of carbonyl (C=O) groups is 1. The Kier molecular flexibility index (Phi) is 5.54. The molecule has 2 aromatic carbocycles. The van der Waals surface area contributed by atoms with Crippen LogP contribution in [0.15, 0.2) is 36.4 Å². The van der Waals surface area contributed by atoms with Crippen molar-refractivity contribution in [1.29, 1.82) is 0 Å². The van der Waals surface area contributed by atoms with Crippen LogP contribution in [0.1, 0.15) is 31.9 Å². The van der Waals surface area contributed by atoms with E-state index < -0.39 is 6.23 Å². The first-order valence-electron chi connectivity index (χ1n) is 8.97. The number of nitrogens with zero attached hydrogens (tertiary/aromatic N) is 1. The van der Waals surface area contributed by atoms with Crippen molar-refractivity contribution in [3.05, 3.63) is 52.5 Å². The molecule has 26 heavy (non-hydrogen) atoms. The van der Waals surface area contributed by atoms with Crippen LogP contribution in [-0.2, 0) is 17.8 Å². The molecule has 1 amide bonds. The number of aliphatic hydroxyl groups excluding tert-OH is 1. The van der Waals surface area contributed by atoms with Gasteiger partial charge in [-0.2, -0.15) is 0 Å². The third kappa shape index (κ3) is 3.87. The quantitative estimate of drug-likeness (QED) is 0.787. The van der Waals surface area contributed by atoms with Gasteiger partial charge in [-0.15, -0.1) is 0 Å². The lowest BCUT2D eigenvalue weighted by Gasteiger charge is -2.31. The lowest BCUT2D eigenvalue weighted by molar-refractivity contribution is -0.129. The van der Waals surface area contributed by atoms with Gasteiger partial charge in [0, 0.05) is 36.3 Å².